The number of hydrogen-bond acceptors (Lipinski definition) is 9. The van der Waals surface area contributed by atoms with Gasteiger partial charge in [0, 0.05) is 84.6 Å². The third kappa shape index (κ3) is 7.91. The molecule has 2 aliphatic heterocycles. The van der Waals surface area contributed by atoms with Gasteiger partial charge in [-0.1, -0.05) is 13.8 Å². The van der Waals surface area contributed by atoms with Crippen LogP contribution in [0.1, 0.15) is 38.3 Å². The molecule has 2 aliphatic rings. The molecule has 66 heavy (non-hydrogen) atoms. The highest BCUT2D eigenvalue weighted by Gasteiger charge is 2.25. The number of anilines is 2. The first-order valence-electron chi connectivity index (χ1n) is 22.1. The molecule has 0 radical (unpaired) electrons. The molecule has 0 bridgehead atoms. The van der Waals surface area contributed by atoms with Crippen molar-refractivity contribution < 1.29 is 27.0 Å². The zero-order chi connectivity index (χ0) is 45.5. The van der Waals surface area contributed by atoms with Crippen molar-refractivity contribution in [2.24, 2.45) is 0 Å². The number of fused-ring (bicyclic) bond motifs is 4. The Kier molecular flexibility index (Phi) is 12.2. The van der Waals surface area contributed by atoms with Gasteiger partial charge in [-0.15, -0.1) is 0 Å². The zero-order valence-electron chi connectivity index (χ0n) is 36.3. The first-order chi connectivity index (χ1) is 32.2. The van der Waals surface area contributed by atoms with E-state index in [4.69, 9.17) is 19.4 Å². The molecule has 2 fully saturated rings. The van der Waals surface area contributed by atoms with Crippen LogP contribution in [-0.4, -0.2) is 91.9 Å². The van der Waals surface area contributed by atoms with Gasteiger partial charge in [0.1, 0.15) is 51.5 Å². The lowest BCUT2D eigenvalue weighted by molar-refractivity contribution is 0.122. The molecule has 2 saturated heterocycles. The fraction of sp³-hybridized carbons (Fsp3) is 0.286. The summed E-state index contributed by atoms with van der Waals surface area (Å²) in [7, 11) is 0. The molecule has 5 aromatic heterocycles. The van der Waals surface area contributed by atoms with Crippen LogP contribution in [0.4, 0.5) is 28.9 Å². The Morgan fingerprint density at radius 1 is 0.606 bits per heavy atom. The van der Waals surface area contributed by atoms with E-state index in [1.165, 1.54) is 12.4 Å². The largest absolute Gasteiger partial charge is 0.378 e. The molecule has 0 unspecified atom stereocenters. The molecule has 9 aromatic rings. The minimum Gasteiger partial charge on any atom is -0.378 e. The van der Waals surface area contributed by atoms with Gasteiger partial charge in [0.05, 0.1) is 71.3 Å². The Morgan fingerprint density at radius 2 is 1.09 bits per heavy atom. The second kappa shape index (κ2) is 18.5. The van der Waals surface area contributed by atoms with Crippen LogP contribution in [0.3, 0.4) is 0 Å². The topological polar surface area (TPSA) is 115 Å². The normalized spacial score (nSPS) is 14.5. The second-order valence-corrected chi connectivity index (χ2v) is 17.1. The molecule has 4 aromatic carbocycles. The van der Waals surface area contributed by atoms with Crippen LogP contribution in [0, 0.1) is 23.3 Å². The predicted molar refractivity (Wildman–Crippen MR) is 252 cm³/mol. The number of rotatable bonds is 9. The third-order valence-electron chi connectivity index (χ3n) is 12.1. The van der Waals surface area contributed by atoms with Crippen LogP contribution < -0.4 is 9.80 Å². The van der Waals surface area contributed by atoms with Crippen LogP contribution in [-0.2, 0) is 22.3 Å². The van der Waals surface area contributed by atoms with E-state index in [0.717, 1.165) is 124 Å². The van der Waals surface area contributed by atoms with Crippen LogP contribution in [0.5, 0.6) is 0 Å². The van der Waals surface area contributed by atoms with E-state index < -0.39 is 23.3 Å². The summed E-state index contributed by atoms with van der Waals surface area (Å²) in [5.41, 5.74) is 8.23. The third-order valence-corrected chi connectivity index (χ3v) is 12.7. The Labute approximate surface area is 385 Å². The van der Waals surface area contributed by atoms with Gasteiger partial charge in [0.15, 0.2) is 0 Å². The smallest absolute Gasteiger partial charge is 0.149 e. The van der Waals surface area contributed by atoms with Crippen molar-refractivity contribution in [1.29, 1.82) is 0 Å². The number of aromatic amines is 1. The molecule has 12 nitrogen and oxygen atoms in total. The summed E-state index contributed by atoms with van der Waals surface area (Å²) in [5.74, 6) is -0.552. The molecule has 17 heteroatoms. The first-order valence-corrected chi connectivity index (χ1v) is 22.9. The molecule has 11 rings (SSSR count). The summed E-state index contributed by atoms with van der Waals surface area (Å²) in [4.78, 5) is 22.6. The number of pyridine rings is 2. The van der Waals surface area contributed by atoms with E-state index in [9.17, 15) is 13.2 Å². The van der Waals surface area contributed by atoms with Crippen molar-refractivity contribution in [3.05, 3.63) is 125 Å². The molecule has 0 aliphatic carbocycles. The van der Waals surface area contributed by atoms with Crippen molar-refractivity contribution in [2.75, 3.05) is 62.4 Å². The fourth-order valence-corrected chi connectivity index (χ4v) is 9.58. The summed E-state index contributed by atoms with van der Waals surface area (Å²) in [5, 5.41) is 7.33. The predicted octanol–water partition coefficient (Wildman–Crippen LogP) is 10.4. The van der Waals surface area contributed by atoms with E-state index >= 15 is 4.39 Å². The second-order valence-electron chi connectivity index (χ2n) is 16.2. The number of ether oxygens (including phenoxy) is 2. The van der Waals surface area contributed by atoms with E-state index in [0.29, 0.717) is 50.6 Å². The fourth-order valence-electron chi connectivity index (χ4n) is 9.05. The average molecular weight is 962 g/mol. The van der Waals surface area contributed by atoms with Gasteiger partial charge in [-0.3, -0.25) is 24.2 Å². The standard InChI is InChI=1S/C26H24F2N6O.C23H21BrF2N4O/c1-2-3-23-32-25-18(16-14-30-31-15-16)12-17(33-8-10-35-11-9-33)13-22(25)34(23)21-6-7-29-26-20(28)5-4-19(27)24(21)26;1-2-3-20-28-22-15(24)12-14(29-8-10-31-11-9-29)13-19(22)30(20)18-6-7-27-23-17(26)5-4-16(25)21(18)23/h4-7,12-15H,2-3,8-11H2,1H3,(H,30,31);4-7,12-13H,2-3,8-11H2,1H3. The molecule has 1 N–H and O–H groups in total. The maximum Gasteiger partial charge on any atom is 0.149 e. The molecule has 338 valence electrons. The average Bonchev–Trinajstić information content (AvgIpc) is 4.10. The minimum absolute atomic E-state index is 0.00573. The number of H-pyrrole nitrogens is 1. The van der Waals surface area contributed by atoms with E-state index in [1.54, 1.807) is 18.3 Å². The monoisotopic (exact) mass is 960 g/mol. The van der Waals surface area contributed by atoms with Crippen LogP contribution >= 0.6 is 15.9 Å². The minimum atomic E-state index is -0.558. The highest BCUT2D eigenvalue weighted by atomic mass is 79.9. The number of hydrogen-bond donors (Lipinski definition) is 1. The van der Waals surface area contributed by atoms with Gasteiger partial charge >= 0.3 is 0 Å². The molecule has 0 saturated carbocycles. The van der Waals surface area contributed by atoms with Gasteiger partial charge in [-0.05, 0) is 89.4 Å². The maximum atomic E-state index is 15.1. The van der Waals surface area contributed by atoms with E-state index in [2.05, 4.69) is 84.0 Å². The molecular formula is C49H45BrF4N10O2. The number of benzene rings is 4. The lowest BCUT2D eigenvalue weighted by atomic mass is 10.1. The number of aromatic nitrogens is 8. The summed E-state index contributed by atoms with van der Waals surface area (Å²) in [6, 6.07) is 16.3. The summed E-state index contributed by atoms with van der Waals surface area (Å²) >= 11 is 3.68. The Bertz CT molecular complexity index is 3240. The van der Waals surface area contributed by atoms with Crippen LogP contribution in [0.2, 0.25) is 0 Å². The Morgan fingerprint density at radius 3 is 1.59 bits per heavy atom. The lowest BCUT2D eigenvalue weighted by Gasteiger charge is -2.29. The summed E-state index contributed by atoms with van der Waals surface area (Å²) in [6.45, 7) is 9.93. The van der Waals surface area contributed by atoms with E-state index in [1.807, 2.05) is 15.3 Å². The molecule has 0 atom stereocenters. The van der Waals surface area contributed by atoms with Gasteiger partial charge in [0.2, 0.25) is 0 Å². The summed E-state index contributed by atoms with van der Waals surface area (Å²) in [6.07, 6.45) is 9.74. The van der Waals surface area contributed by atoms with Gasteiger partial charge in [0.25, 0.3) is 0 Å². The summed E-state index contributed by atoms with van der Waals surface area (Å²) < 4.78 is 74.9. The number of nitrogens with one attached hydrogen (secondary N) is 1. The van der Waals surface area contributed by atoms with Gasteiger partial charge in [-0.2, -0.15) is 5.10 Å². The number of imidazole rings is 2. The van der Waals surface area contributed by atoms with Crippen molar-refractivity contribution in [1.82, 2.24) is 39.3 Å². The van der Waals surface area contributed by atoms with Crippen molar-refractivity contribution in [3.63, 3.8) is 0 Å². The van der Waals surface area contributed by atoms with Gasteiger partial charge < -0.3 is 19.3 Å². The number of halogens is 5. The first kappa shape index (κ1) is 43.5. The number of morpholine rings is 2. The van der Waals surface area contributed by atoms with Crippen molar-refractivity contribution in [2.45, 2.75) is 39.5 Å². The highest BCUT2D eigenvalue weighted by Crippen LogP contribution is 2.39. The number of aryl methyl sites for hydroxylation is 2. The van der Waals surface area contributed by atoms with E-state index in [-0.39, 0.29) is 21.8 Å². The van der Waals surface area contributed by atoms with Crippen LogP contribution in [0.25, 0.3) is 66.4 Å². The molecular weight excluding hydrogens is 917 g/mol. The highest BCUT2D eigenvalue weighted by molar-refractivity contribution is 9.10. The number of nitrogens with zero attached hydrogens (tertiary/aromatic N) is 9. The molecule has 7 heterocycles. The maximum absolute atomic E-state index is 15.1. The zero-order valence-corrected chi connectivity index (χ0v) is 37.9. The van der Waals surface area contributed by atoms with Gasteiger partial charge in [-0.25, -0.2) is 27.5 Å². The van der Waals surface area contributed by atoms with Crippen molar-refractivity contribution in [3.8, 4) is 22.5 Å². The lowest BCUT2D eigenvalue weighted by Crippen LogP contribution is -2.36. The molecule has 0 spiro atoms. The Balaban J connectivity index is 0.000000156. The van der Waals surface area contributed by atoms with Crippen LogP contribution in [0.15, 0.2) is 89.9 Å². The SMILES string of the molecule is CCCc1nc2c(-c3cn[nH]c3)cc(N3CCOCC3)cc2n1-c1ccnc2c(F)ccc(F)c12.CCCc1nc2c(Br)cc(N3CCOCC3)cc2n1-c1ccnc2c(F)ccc(F)c12. The Hall–Kier alpha value is -6.43. The molecule has 0 amide bonds. The quantitative estimate of drug-likeness (QED) is 0.141. The van der Waals surface area contributed by atoms with Crippen molar-refractivity contribution >= 4 is 71.2 Å².